The highest BCUT2D eigenvalue weighted by molar-refractivity contribution is 6.36. The Kier molecular flexibility index (Phi) is 4.49. The summed E-state index contributed by atoms with van der Waals surface area (Å²) in [5.41, 5.74) is 0.486. The van der Waals surface area contributed by atoms with E-state index in [4.69, 9.17) is 23.2 Å². The molecule has 2 rings (SSSR count). The Morgan fingerprint density at radius 1 is 1.33 bits per heavy atom. The van der Waals surface area contributed by atoms with Crippen LogP contribution in [0.15, 0.2) is 18.2 Å². The molecule has 1 fully saturated rings. The lowest BCUT2D eigenvalue weighted by Gasteiger charge is -2.29. The van der Waals surface area contributed by atoms with Gasteiger partial charge in [-0.25, -0.2) is 0 Å². The number of likely N-dealkylation sites (tertiary alicyclic amines) is 1. The van der Waals surface area contributed by atoms with Gasteiger partial charge in [-0.1, -0.05) is 23.2 Å². The molecule has 0 aromatic heterocycles. The fraction of sp³-hybridized carbons (Fsp3) is 0.462. The molecular formula is C13H16Cl2N2O. The van der Waals surface area contributed by atoms with Crippen molar-refractivity contribution in [2.24, 2.45) is 0 Å². The third kappa shape index (κ3) is 3.37. The number of piperidine rings is 1. The molecule has 1 aliphatic rings. The average Bonchev–Trinajstić information content (AvgIpc) is 2.32. The zero-order valence-electron chi connectivity index (χ0n) is 10.2. The van der Waals surface area contributed by atoms with Crippen molar-refractivity contribution in [3.05, 3.63) is 33.8 Å². The minimum atomic E-state index is -0.119. The van der Waals surface area contributed by atoms with E-state index in [2.05, 4.69) is 17.3 Å². The van der Waals surface area contributed by atoms with Crippen LogP contribution in [-0.4, -0.2) is 37.0 Å². The molecule has 0 unspecified atom stereocenters. The first-order chi connectivity index (χ1) is 8.56. The molecule has 1 heterocycles. The van der Waals surface area contributed by atoms with Crippen molar-refractivity contribution in [3.63, 3.8) is 0 Å². The maximum Gasteiger partial charge on any atom is 0.253 e. The highest BCUT2D eigenvalue weighted by Gasteiger charge is 2.20. The van der Waals surface area contributed by atoms with Crippen molar-refractivity contribution in [3.8, 4) is 0 Å². The van der Waals surface area contributed by atoms with E-state index >= 15 is 0 Å². The maximum atomic E-state index is 12.1. The smallest absolute Gasteiger partial charge is 0.253 e. The molecule has 0 atom stereocenters. The second-order valence-electron chi connectivity index (χ2n) is 4.68. The summed E-state index contributed by atoms with van der Waals surface area (Å²) >= 11 is 11.8. The van der Waals surface area contributed by atoms with Crippen molar-refractivity contribution < 1.29 is 4.79 Å². The number of hydrogen-bond donors (Lipinski definition) is 1. The Morgan fingerprint density at radius 2 is 2.00 bits per heavy atom. The Hall–Kier alpha value is -0.770. The van der Waals surface area contributed by atoms with E-state index < -0.39 is 0 Å². The predicted octanol–water partition coefficient (Wildman–Crippen LogP) is 2.82. The topological polar surface area (TPSA) is 32.3 Å². The summed E-state index contributed by atoms with van der Waals surface area (Å²) in [6.45, 7) is 2.03. The summed E-state index contributed by atoms with van der Waals surface area (Å²) < 4.78 is 0. The van der Waals surface area contributed by atoms with Gasteiger partial charge >= 0.3 is 0 Å². The lowest BCUT2D eigenvalue weighted by atomic mass is 10.0. The number of carbonyl (C=O) groups is 1. The van der Waals surface area contributed by atoms with Gasteiger partial charge in [-0.05, 0) is 51.2 Å². The van der Waals surface area contributed by atoms with Crippen molar-refractivity contribution in [2.75, 3.05) is 20.1 Å². The highest BCUT2D eigenvalue weighted by atomic mass is 35.5. The molecule has 1 aliphatic heterocycles. The summed E-state index contributed by atoms with van der Waals surface area (Å²) in [5.74, 6) is -0.119. The van der Waals surface area contributed by atoms with Crippen LogP contribution in [-0.2, 0) is 0 Å². The van der Waals surface area contributed by atoms with Crippen LogP contribution in [0.5, 0.6) is 0 Å². The molecule has 0 aliphatic carbocycles. The maximum absolute atomic E-state index is 12.1. The number of rotatable bonds is 2. The van der Waals surface area contributed by atoms with E-state index in [1.807, 2.05) is 0 Å². The van der Waals surface area contributed by atoms with Crippen molar-refractivity contribution in [1.29, 1.82) is 0 Å². The summed E-state index contributed by atoms with van der Waals surface area (Å²) in [4.78, 5) is 14.3. The number of nitrogens with zero attached hydrogens (tertiary/aromatic N) is 1. The Bertz CT molecular complexity index is 443. The fourth-order valence-corrected chi connectivity index (χ4v) is 2.58. The van der Waals surface area contributed by atoms with E-state index in [-0.39, 0.29) is 11.9 Å². The molecule has 18 heavy (non-hydrogen) atoms. The Balaban J connectivity index is 1.99. The largest absolute Gasteiger partial charge is 0.349 e. The first kappa shape index (κ1) is 13.7. The van der Waals surface area contributed by atoms with E-state index in [1.54, 1.807) is 18.2 Å². The molecule has 98 valence electrons. The summed E-state index contributed by atoms with van der Waals surface area (Å²) in [7, 11) is 2.09. The van der Waals surface area contributed by atoms with E-state index in [0.717, 1.165) is 25.9 Å². The average molecular weight is 287 g/mol. The van der Waals surface area contributed by atoms with Crippen LogP contribution in [0.1, 0.15) is 23.2 Å². The lowest BCUT2D eigenvalue weighted by molar-refractivity contribution is 0.0917. The minimum absolute atomic E-state index is 0.119. The van der Waals surface area contributed by atoms with Gasteiger partial charge in [0.25, 0.3) is 5.91 Å². The van der Waals surface area contributed by atoms with Gasteiger partial charge < -0.3 is 10.2 Å². The Morgan fingerprint density at radius 3 is 2.61 bits per heavy atom. The van der Waals surface area contributed by atoms with Crippen molar-refractivity contribution >= 4 is 29.1 Å². The number of carbonyl (C=O) groups excluding carboxylic acids is 1. The van der Waals surface area contributed by atoms with Gasteiger partial charge in [0, 0.05) is 11.1 Å². The SMILES string of the molecule is CN1CCC(NC(=O)c2ccc(Cl)cc2Cl)CC1. The molecule has 0 bridgehead atoms. The molecule has 1 N–H and O–H groups in total. The standard InChI is InChI=1S/C13H16Cl2N2O/c1-17-6-4-10(5-7-17)16-13(18)11-3-2-9(14)8-12(11)15/h2-3,8,10H,4-7H2,1H3,(H,16,18). The lowest BCUT2D eigenvalue weighted by Crippen LogP contribution is -2.43. The van der Waals surface area contributed by atoms with Crippen molar-refractivity contribution in [1.82, 2.24) is 10.2 Å². The summed E-state index contributed by atoms with van der Waals surface area (Å²) in [6, 6.07) is 5.17. The summed E-state index contributed by atoms with van der Waals surface area (Å²) in [5, 5.41) is 3.96. The van der Waals surface area contributed by atoms with Gasteiger partial charge in [-0.3, -0.25) is 4.79 Å². The number of nitrogens with one attached hydrogen (secondary N) is 1. The molecule has 0 radical (unpaired) electrons. The van der Waals surface area contributed by atoms with Crippen LogP contribution >= 0.6 is 23.2 Å². The summed E-state index contributed by atoms with van der Waals surface area (Å²) in [6.07, 6.45) is 1.96. The van der Waals surface area contributed by atoms with E-state index in [0.29, 0.717) is 15.6 Å². The quantitative estimate of drug-likeness (QED) is 0.907. The number of hydrogen-bond acceptors (Lipinski definition) is 2. The zero-order valence-corrected chi connectivity index (χ0v) is 11.8. The normalized spacial score (nSPS) is 17.7. The van der Waals surface area contributed by atoms with Crippen LogP contribution in [0, 0.1) is 0 Å². The van der Waals surface area contributed by atoms with Crippen LogP contribution in [0.25, 0.3) is 0 Å². The molecule has 5 heteroatoms. The molecule has 3 nitrogen and oxygen atoms in total. The van der Waals surface area contributed by atoms with Gasteiger partial charge in [0.1, 0.15) is 0 Å². The second kappa shape index (κ2) is 5.91. The minimum Gasteiger partial charge on any atom is -0.349 e. The second-order valence-corrected chi connectivity index (χ2v) is 5.52. The third-order valence-corrected chi connectivity index (χ3v) is 3.78. The Labute approximate surface area is 117 Å². The van der Waals surface area contributed by atoms with Crippen LogP contribution in [0.2, 0.25) is 10.0 Å². The predicted molar refractivity (Wildman–Crippen MR) is 74.4 cm³/mol. The van der Waals surface area contributed by atoms with Gasteiger partial charge in [-0.15, -0.1) is 0 Å². The molecule has 1 saturated heterocycles. The van der Waals surface area contributed by atoms with Crippen molar-refractivity contribution in [2.45, 2.75) is 18.9 Å². The molecule has 1 amide bonds. The zero-order chi connectivity index (χ0) is 13.1. The number of benzene rings is 1. The van der Waals surface area contributed by atoms with Crippen LogP contribution in [0.3, 0.4) is 0 Å². The van der Waals surface area contributed by atoms with Gasteiger partial charge in [-0.2, -0.15) is 0 Å². The van der Waals surface area contributed by atoms with E-state index in [9.17, 15) is 4.79 Å². The molecule has 0 spiro atoms. The van der Waals surface area contributed by atoms with E-state index in [1.165, 1.54) is 0 Å². The number of halogens is 2. The third-order valence-electron chi connectivity index (χ3n) is 3.23. The van der Waals surface area contributed by atoms with Crippen LogP contribution < -0.4 is 5.32 Å². The fourth-order valence-electron chi connectivity index (χ4n) is 2.09. The number of amides is 1. The first-order valence-electron chi connectivity index (χ1n) is 6.00. The van der Waals surface area contributed by atoms with Crippen LogP contribution in [0.4, 0.5) is 0 Å². The highest BCUT2D eigenvalue weighted by Crippen LogP contribution is 2.21. The molecule has 1 aromatic rings. The van der Waals surface area contributed by atoms with Gasteiger partial charge in [0.2, 0.25) is 0 Å². The van der Waals surface area contributed by atoms with Gasteiger partial charge in [0.05, 0.1) is 10.6 Å². The molecule has 1 aromatic carbocycles. The molecular weight excluding hydrogens is 271 g/mol. The molecule has 0 saturated carbocycles. The first-order valence-corrected chi connectivity index (χ1v) is 6.76. The monoisotopic (exact) mass is 286 g/mol. The van der Waals surface area contributed by atoms with Gasteiger partial charge in [0.15, 0.2) is 0 Å².